The molecular formula is C25H34BN3O6. The van der Waals surface area contributed by atoms with Crippen LogP contribution in [0.2, 0.25) is 0 Å². The Morgan fingerprint density at radius 2 is 1.77 bits per heavy atom. The van der Waals surface area contributed by atoms with Crippen LogP contribution in [0.25, 0.3) is 5.69 Å². The van der Waals surface area contributed by atoms with Crippen molar-refractivity contribution < 1.29 is 29.1 Å². The summed E-state index contributed by atoms with van der Waals surface area (Å²) in [4.78, 5) is 28.6. The molecule has 2 aliphatic rings. The van der Waals surface area contributed by atoms with Gasteiger partial charge in [0, 0.05) is 31.4 Å². The van der Waals surface area contributed by atoms with Crippen molar-refractivity contribution in [2.45, 2.75) is 58.4 Å². The van der Waals surface area contributed by atoms with Gasteiger partial charge in [0.1, 0.15) is 5.56 Å². The van der Waals surface area contributed by atoms with E-state index < -0.39 is 13.1 Å². The predicted octanol–water partition coefficient (Wildman–Crippen LogP) is 2.07. The Hall–Kier alpha value is -2.69. The van der Waals surface area contributed by atoms with Gasteiger partial charge in [-0.2, -0.15) is 0 Å². The number of ether oxygens (including phenoxy) is 2. The normalized spacial score (nSPS) is 20.9. The minimum absolute atomic E-state index is 0.0124. The van der Waals surface area contributed by atoms with Crippen molar-refractivity contribution in [2.24, 2.45) is 11.8 Å². The second kappa shape index (κ2) is 11.4. The lowest BCUT2D eigenvalue weighted by molar-refractivity contribution is -0.124. The molecule has 1 saturated carbocycles. The van der Waals surface area contributed by atoms with Crippen LogP contribution in [0.15, 0.2) is 30.5 Å². The van der Waals surface area contributed by atoms with E-state index in [0.29, 0.717) is 48.9 Å². The lowest BCUT2D eigenvalue weighted by Crippen LogP contribution is -2.47. The summed E-state index contributed by atoms with van der Waals surface area (Å²) in [6.07, 6.45) is 6.63. The molecular weight excluding hydrogens is 449 g/mol. The summed E-state index contributed by atoms with van der Waals surface area (Å²) in [5.41, 5.74) is 1.21. The summed E-state index contributed by atoms with van der Waals surface area (Å²) >= 11 is 0. The molecule has 0 unspecified atom stereocenters. The Morgan fingerprint density at radius 3 is 2.37 bits per heavy atom. The lowest BCUT2D eigenvalue weighted by atomic mass is 9.80. The molecule has 9 nitrogen and oxygen atoms in total. The molecule has 0 spiro atoms. The third kappa shape index (κ3) is 5.77. The monoisotopic (exact) mass is 483 g/mol. The minimum atomic E-state index is -1.58. The summed E-state index contributed by atoms with van der Waals surface area (Å²) in [5, 5.41) is 23.5. The number of carbonyl (C=O) groups excluding carboxylic acids is 2. The number of nitrogens with zero attached hydrogens (tertiary/aromatic N) is 3. The molecule has 0 atom stereocenters. The van der Waals surface area contributed by atoms with Crippen molar-refractivity contribution in [3.8, 4) is 5.69 Å². The highest BCUT2D eigenvalue weighted by Crippen LogP contribution is 2.34. The van der Waals surface area contributed by atoms with Gasteiger partial charge in [0.2, 0.25) is 5.91 Å². The number of amides is 1. The Kier molecular flexibility index (Phi) is 8.25. The summed E-state index contributed by atoms with van der Waals surface area (Å²) in [7, 11) is -1.58. The van der Waals surface area contributed by atoms with Crippen molar-refractivity contribution >= 4 is 30.3 Å². The van der Waals surface area contributed by atoms with E-state index in [1.807, 2.05) is 0 Å². The molecule has 4 rings (SSSR count). The second-order valence-electron chi connectivity index (χ2n) is 9.51. The molecule has 1 aromatic heterocycles. The van der Waals surface area contributed by atoms with Crippen LogP contribution in [0, 0.1) is 11.8 Å². The number of benzene rings is 1. The van der Waals surface area contributed by atoms with E-state index >= 15 is 0 Å². The van der Waals surface area contributed by atoms with Gasteiger partial charge < -0.3 is 19.5 Å². The average molecular weight is 483 g/mol. The third-order valence-corrected chi connectivity index (χ3v) is 7.03. The number of hydrogen-bond acceptors (Lipinski definition) is 7. The zero-order valence-electron chi connectivity index (χ0n) is 20.4. The lowest BCUT2D eigenvalue weighted by Gasteiger charge is -2.37. The van der Waals surface area contributed by atoms with Crippen molar-refractivity contribution in [1.82, 2.24) is 9.78 Å². The van der Waals surface area contributed by atoms with E-state index in [1.54, 1.807) is 42.3 Å². The summed E-state index contributed by atoms with van der Waals surface area (Å²) in [6.45, 7) is 5.27. The van der Waals surface area contributed by atoms with Gasteiger partial charge >= 0.3 is 13.1 Å². The summed E-state index contributed by atoms with van der Waals surface area (Å²) in [6, 6.07) is 6.41. The Bertz CT molecular complexity index is 1010. The number of rotatable bonds is 7. The van der Waals surface area contributed by atoms with Crippen LogP contribution in [0.4, 0.5) is 5.82 Å². The average Bonchev–Trinajstić information content (AvgIpc) is 3.30. The molecule has 2 aromatic rings. The fourth-order valence-electron chi connectivity index (χ4n) is 4.93. The van der Waals surface area contributed by atoms with Crippen molar-refractivity contribution in [1.29, 1.82) is 0 Å². The van der Waals surface area contributed by atoms with Gasteiger partial charge in [-0.15, -0.1) is 5.10 Å². The molecule has 1 aliphatic heterocycles. The molecule has 2 heterocycles. The first-order valence-corrected chi connectivity index (χ1v) is 12.5. The molecule has 1 amide bonds. The molecule has 2 N–H and O–H groups in total. The van der Waals surface area contributed by atoms with Gasteiger partial charge in [0.05, 0.1) is 12.3 Å². The number of hydrogen-bond donors (Lipinski definition) is 2. The smallest absolute Gasteiger partial charge is 0.462 e. The molecule has 2 fully saturated rings. The molecule has 1 aromatic carbocycles. The van der Waals surface area contributed by atoms with E-state index in [4.69, 9.17) is 14.6 Å². The maximum atomic E-state index is 13.9. The summed E-state index contributed by atoms with van der Waals surface area (Å²) in [5.74, 6) is 0.312. The standard InChI is InChI=1S/C25H34BN3O6/c1-3-35-25(31)22-16-28(20-10-8-19(9-11-20)26(32)33)27-23(22)29(21-12-14-34-15-13-21)24(30)18-6-4-17(2)5-7-18/h8-11,16-18,21,32-33H,3-7,12-15H2,1-2H3/t17-,18-. The molecule has 1 saturated heterocycles. The number of carbonyl (C=O) groups is 2. The largest absolute Gasteiger partial charge is 0.488 e. The van der Waals surface area contributed by atoms with Gasteiger partial charge in [-0.25, -0.2) is 9.48 Å². The van der Waals surface area contributed by atoms with Gasteiger partial charge in [-0.3, -0.25) is 9.69 Å². The zero-order chi connectivity index (χ0) is 24.9. The van der Waals surface area contributed by atoms with Crippen molar-refractivity contribution in [2.75, 3.05) is 24.7 Å². The molecule has 35 heavy (non-hydrogen) atoms. The minimum Gasteiger partial charge on any atom is -0.462 e. The SMILES string of the molecule is CCOC(=O)c1cn(-c2ccc(B(O)O)cc2)nc1N(C(=O)[C@H]1CC[C@H](C)CC1)C1CCOCC1. The molecule has 10 heteroatoms. The highest BCUT2D eigenvalue weighted by atomic mass is 16.5. The first-order chi connectivity index (χ1) is 16.9. The Morgan fingerprint density at radius 1 is 1.11 bits per heavy atom. The predicted molar refractivity (Wildman–Crippen MR) is 132 cm³/mol. The van der Waals surface area contributed by atoms with Gasteiger partial charge in [-0.1, -0.05) is 19.1 Å². The summed E-state index contributed by atoms with van der Waals surface area (Å²) < 4.78 is 12.4. The second-order valence-corrected chi connectivity index (χ2v) is 9.51. The van der Waals surface area contributed by atoms with Crippen LogP contribution in [0.3, 0.4) is 0 Å². The van der Waals surface area contributed by atoms with E-state index in [0.717, 1.165) is 25.7 Å². The van der Waals surface area contributed by atoms with E-state index in [2.05, 4.69) is 6.92 Å². The highest BCUT2D eigenvalue weighted by molar-refractivity contribution is 6.58. The topological polar surface area (TPSA) is 114 Å². The fraction of sp³-hybridized carbons (Fsp3) is 0.560. The molecule has 188 valence electrons. The Balaban J connectivity index is 1.75. The van der Waals surface area contributed by atoms with Crippen molar-refractivity contribution in [3.05, 3.63) is 36.0 Å². The fourth-order valence-corrected chi connectivity index (χ4v) is 4.93. The number of aromatic nitrogens is 2. The van der Waals surface area contributed by atoms with E-state index in [-0.39, 0.29) is 30.0 Å². The van der Waals surface area contributed by atoms with Crippen molar-refractivity contribution in [3.63, 3.8) is 0 Å². The van der Waals surface area contributed by atoms with Gasteiger partial charge in [0.25, 0.3) is 0 Å². The van der Waals surface area contributed by atoms with Crippen LogP contribution in [-0.4, -0.2) is 64.7 Å². The maximum absolute atomic E-state index is 13.9. The number of esters is 1. The van der Waals surface area contributed by atoms with Crippen LogP contribution >= 0.6 is 0 Å². The van der Waals surface area contributed by atoms with Crippen LogP contribution in [-0.2, 0) is 14.3 Å². The van der Waals surface area contributed by atoms with E-state index in [1.165, 1.54) is 4.68 Å². The molecule has 0 radical (unpaired) electrons. The van der Waals surface area contributed by atoms with Gasteiger partial charge in [-0.05, 0) is 69.0 Å². The van der Waals surface area contributed by atoms with E-state index in [9.17, 15) is 19.6 Å². The van der Waals surface area contributed by atoms with Crippen LogP contribution in [0.5, 0.6) is 0 Å². The first kappa shape index (κ1) is 25.4. The zero-order valence-corrected chi connectivity index (χ0v) is 20.4. The van der Waals surface area contributed by atoms with Gasteiger partial charge in [0.15, 0.2) is 5.82 Å². The Labute approximate surface area is 206 Å². The highest BCUT2D eigenvalue weighted by Gasteiger charge is 2.37. The first-order valence-electron chi connectivity index (χ1n) is 12.5. The molecule has 1 aliphatic carbocycles. The number of anilines is 1. The van der Waals surface area contributed by atoms with Crippen LogP contribution < -0.4 is 10.4 Å². The maximum Gasteiger partial charge on any atom is 0.488 e. The molecule has 0 bridgehead atoms. The third-order valence-electron chi connectivity index (χ3n) is 7.03. The quantitative estimate of drug-likeness (QED) is 0.458. The van der Waals surface area contributed by atoms with Crippen LogP contribution in [0.1, 0.15) is 62.7 Å².